The summed E-state index contributed by atoms with van der Waals surface area (Å²) in [4.78, 5) is 0. The van der Waals surface area contributed by atoms with Gasteiger partial charge in [0.05, 0.1) is 11.5 Å². The number of furan rings is 2. The van der Waals surface area contributed by atoms with Crippen LogP contribution in [-0.4, -0.2) is 28.3 Å². The van der Waals surface area contributed by atoms with Crippen LogP contribution in [-0.2, 0) is 19.7 Å². The van der Waals surface area contributed by atoms with Crippen LogP contribution in [0.3, 0.4) is 0 Å². The van der Waals surface area contributed by atoms with Gasteiger partial charge in [-0.05, 0) is 46.5 Å². The average Bonchev–Trinajstić information content (AvgIpc) is 3.70. The summed E-state index contributed by atoms with van der Waals surface area (Å²) < 4.78 is 64.6. The zero-order chi connectivity index (χ0) is 32.3. The third-order valence-electron chi connectivity index (χ3n) is 9.26. The summed E-state index contributed by atoms with van der Waals surface area (Å²) >= 11 is 0. The molecule has 0 saturated carbocycles. The maximum Gasteiger partial charge on any atom is 0.219 e. The van der Waals surface area contributed by atoms with Crippen LogP contribution in [0.15, 0.2) is 79.7 Å². The van der Waals surface area contributed by atoms with E-state index in [9.17, 15) is 16.8 Å². The van der Waals surface area contributed by atoms with Crippen molar-refractivity contribution in [3.63, 3.8) is 0 Å². The zero-order valence-electron chi connectivity index (χ0n) is 26.9. The Morgan fingerprint density at radius 2 is 0.761 bits per heavy atom. The van der Waals surface area contributed by atoms with Gasteiger partial charge in [0.1, 0.15) is 11.2 Å². The molecule has 46 heavy (non-hydrogen) atoms. The second-order valence-electron chi connectivity index (χ2n) is 12.7. The van der Waals surface area contributed by atoms with Crippen molar-refractivity contribution >= 4 is 73.9 Å². The number of unbranched alkanes of at least 4 members (excludes halogenated alkanes) is 10. The maximum atomic E-state index is 13.1. The smallest absolute Gasteiger partial charge is 0.219 e. The SMILES string of the molecule is CCCCCCCCS(=O)(=O)c1cc2ccc3c4ccc5c(ccc6cc(S(=O)(=O)CCCCCCCC)oc65)c4ccc3c2o1. The quantitative estimate of drug-likeness (QED) is 0.0757. The highest BCUT2D eigenvalue weighted by Crippen LogP contribution is 2.39. The number of sulfone groups is 2. The first-order valence-electron chi connectivity index (χ1n) is 16.9. The summed E-state index contributed by atoms with van der Waals surface area (Å²) in [5, 5.41) is 7.23. The Balaban J connectivity index is 1.29. The monoisotopic (exact) mass is 660 g/mol. The van der Waals surface area contributed by atoms with Gasteiger partial charge in [-0.1, -0.05) is 114 Å². The minimum Gasteiger partial charge on any atom is -0.444 e. The van der Waals surface area contributed by atoms with E-state index in [1.807, 2.05) is 48.5 Å². The molecule has 244 valence electrons. The molecule has 0 aliphatic rings. The van der Waals surface area contributed by atoms with Gasteiger partial charge in [0, 0.05) is 33.7 Å². The van der Waals surface area contributed by atoms with Crippen LogP contribution in [0.4, 0.5) is 0 Å². The normalized spacial score (nSPS) is 12.8. The molecule has 0 unspecified atom stereocenters. The molecule has 8 heteroatoms. The first kappa shape index (κ1) is 32.6. The number of benzene rings is 4. The molecular formula is C38H44O6S2. The van der Waals surface area contributed by atoms with Gasteiger partial charge < -0.3 is 8.83 Å². The fourth-order valence-electron chi connectivity index (χ4n) is 6.64. The second kappa shape index (κ2) is 13.8. The standard InChI is InChI=1S/C38H44O6S2/c1-3-5-7-9-11-13-23-45(39,40)35-25-27-15-17-31-29-20-22-34-32(30(29)19-21-33(31)37(27)43-35)18-16-28-26-36(44-38(28)34)46(41,42)24-14-12-10-8-6-4-2/h15-22,25-26H,3-14,23-24H2,1-2H3. The molecule has 6 nitrogen and oxygen atoms in total. The van der Waals surface area contributed by atoms with Gasteiger partial charge in [0.15, 0.2) is 0 Å². The predicted octanol–water partition coefficient (Wildman–Crippen LogP) is 10.9. The van der Waals surface area contributed by atoms with Crippen LogP contribution >= 0.6 is 0 Å². The van der Waals surface area contributed by atoms with Crippen LogP contribution in [0.1, 0.15) is 90.9 Å². The van der Waals surface area contributed by atoms with E-state index in [1.165, 1.54) is 12.8 Å². The van der Waals surface area contributed by atoms with Crippen LogP contribution in [0.5, 0.6) is 0 Å². The molecule has 0 aliphatic carbocycles. The van der Waals surface area contributed by atoms with Crippen molar-refractivity contribution in [3.8, 4) is 0 Å². The van der Waals surface area contributed by atoms with E-state index >= 15 is 0 Å². The highest BCUT2D eigenvalue weighted by atomic mass is 32.2. The molecule has 0 aliphatic heterocycles. The van der Waals surface area contributed by atoms with E-state index in [2.05, 4.69) is 13.8 Å². The third kappa shape index (κ3) is 6.56. The molecule has 0 bridgehead atoms. The highest BCUT2D eigenvalue weighted by molar-refractivity contribution is 7.91. The number of hydrogen-bond donors (Lipinski definition) is 0. The van der Waals surface area contributed by atoms with Gasteiger partial charge in [-0.2, -0.15) is 0 Å². The lowest BCUT2D eigenvalue weighted by Gasteiger charge is -2.08. The molecule has 0 radical (unpaired) electrons. The molecule has 2 heterocycles. The molecule has 0 amide bonds. The van der Waals surface area contributed by atoms with Crippen LogP contribution in [0.25, 0.3) is 54.3 Å². The van der Waals surface area contributed by atoms with Crippen LogP contribution in [0.2, 0.25) is 0 Å². The van der Waals surface area contributed by atoms with Crippen molar-refractivity contribution in [2.75, 3.05) is 11.5 Å². The molecule has 6 aromatic rings. The van der Waals surface area contributed by atoms with Gasteiger partial charge in [0.25, 0.3) is 0 Å². The summed E-state index contributed by atoms with van der Waals surface area (Å²) in [6.45, 7) is 4.34. The Kier molecular flexibility index (Phi) is 9.76. The Hall–Kier alpha value is -3.36. The molecule has 0 saturated heterocycles. The first-order chi connectivity index (χ1) is 22.2. The minimum atomic E-state index is -3.51. The highest BCUT2D eigenvalue weighted by Gasteiger charge is 2.23. The van der Waals surface area contributed by atoms with E-state index in [0.29, 0.717) is 24.0 Å². The summed E-state index contributed by atoms with van der Waals surface area (Å²) in [6, 6.07) is 19.2. The van der Waals surface area contributed by atoms with Crippen molar-refractivity contribution in [2.45, 2.75) is 101 Å². The minimum absolute atomic E-state index is 0.0321. The molecule has 2 aromatic heterocycles. The molecule has 4 aromatic carbocycles. The van der Waals surface area contributed by atoms with Gasteiger partial charge in [-0.15, -0.1) is 0 Å². The predicted molar refractivity (Wildman–Crippen MR) is 189 cm³/mol. The second-order valence-corrected chi connectivity index (χ2v) is 16.8. The van der Waals surface area contributed by atoms with Crippen LogP contribution < -0.4 is 0 Å². The maximum absolute atomic E-state index is 13.1. The third-order valence-corrected chi connectivity index (χ3v) is 12.5. The summed E-state index contributed by atoms with van der Waals surface area (Å²) in [5.74, 6) is 0.185. The Morgan fingerprint density at radius 3 is 1.17 bits per heavy atom. The van der Waals surface area contributed by atoms with E-state index in [1.54, 1.807) is 12.1 Å². The van der Waals surface area contributed by atoms with Crippen LogP contribution in [0, 0.1) is 0 Å². The number of fused-ring (bicyclic) bond motifs is 9. The van der Waals surface area contributed by atoms with Crippen molar-refractivity contribution in [3.05, 3.63) is 60.7 Å². The zero-order valence-corrected chi connectivity index (χ0v) is 28.6. The summed E-state index contributed by atoms with van der Waals surface area (Å²) in [6.07, 6.45) is 12.2. The molecule has 0 N–H and O–H groups in total. The van der Waals surface area contributed by atoms with Gasteiger partial charge in [-0.25, -0.2) is 16.8 Å². The fraction of sp³-hybridized carbons (Fsp3) is 0.421. The Labute approximate surface area is 272 Å². The van der Waals surface area contributed by atoms with Crippen molar-refractivity contribution in [2.24, 2.45) is 0 Å². The van der Waals surface area contributed by atoms with E-state index < -0.39 is 19.7 Å². The average molecular weight is 661 g/mol. The molecule has 0 fully saturated rings. The Morgan fingerprint density at radius 1 is 0.435 bits per heavy atom. The van der Waals surface area contributed by atoms with E-state index in [0.717, 1.165) is 94.5 Å². The topological polar surface area (TPSA) is 94.6 Å². The summed E-state index contributed by atoms with van der Waals surface area (Å²) in [7, 11) is -7.03. The molecular weight excluding hydrogens is 617 g/mol. The largest absolute Gasteiger partial charge is 0.444 e. The lowest BCUT2D eigenvalue weighted by Crippen LogP contribution is -2.05. The van der Waals surface area contributed by atoms with Crippen molar-refractivity contribution in [1.29, 1.82) is 0 Å². The Bertz CT molecular complexity index is 2060. The molecule has 0 spiro atoms. The van der Waals surface area contributed by atoms with Crippen molar-refractivity contribution < 1.29 is 25.7 Å². The van der Waals surface area contributed by atoms with Gasteiger partial charge in [0.2, 0.25) is 29.9 Å². The number of hydrogen-bond acceptors (Lipinski definition) is 6. The molecule has 6 rings (SSSR count). The lowest BCUT2D eigenvalue weighted by molar-refractivity contribution is 0.482. The van der Waals surface area contributed by atoms with E-state index in [4.69, 9.17) is 8.83 Å². The number of rotatable bonds is 16. The van der Waals surface area contributed by atoms with Gasteiger partial charge >= 0.3 is 0 Å². The van der Waals surface area contributed by atoms with Crippen molar-refractivity contribution in [1.82, 2.24) is 0 Å². The molecule has 0 atom stereocenters. The fourth-order valence-corrected chi connectivity index (χ4v) is 9.24. The first-order valence-corrected chi connectivity index (χ1v) is 20.2. The van der Waals surface area contributed by atoms with Gasteiger partial charge in [-0.3, -0.25) is 0 Å². The summed E-state index contributed by atoms with van der Waals surface area (Å²) in [5.41, 5.74) is 1.14. The van der Waals surface area contributed by atoms with E-state index in [-0.39, 0.29) is 21.7 Å². The lowest BCUT2D eigenvalue weighted by atomic mass is 9.96.